The molecule has 1 saturated heterocycles. The van der Waals surface area contributed by atoms with Crippen LogP contribution in [0.15, 0.2) is 18.3 Å². The van der Waals surface area contributed by atoms with Crippen molar-refractivity contribution in [2.45, 2.75) is 64.5 Å². The monoisotopic (exact) mass is 340 g/mol. The van der Waals surface area contributed by atoms with Crippen LogP contribution in [0.1, 0.15) is 72.3 Å². The Morgan fingerprint density at radius 3 is 2.80 bits per heavy atom. The molecule has 2 aliphatic heterocycles. The quantitative estimate of drug-likeness (QED) is 0.838. The maximum Gasteiger partial charge on any atom is 0.274 e. The van der Waals surface area contributed by atoms with E-state index in [1.807, 2.05) is 6.92 Å². The average molecular weight is 340 g/mol. The van der Waals surface area contributed by atoms with E-state index in [0.29, 0.717) is 5.69 Å². The first-order chi connectivity index (χ1) is 12.2. The molecule has 0 unspecified atom stereocenters. The Hall–Kier alpha value is -2.04. The summed E-state index contributed by atoms with van der Waals surface area (Å²) in [5.74, 6) is 1.12. The molecule has 1 amide bonds. The van der Waals surface area contributed by atoms with Gasteiger partial charge in [0.15, 0.2) is 0 Å². The van der Waals surface area contributed by atoms with Crippen molar-refractivity contribution in [2.75, 3.05) is 6.54 Å². The molecule has 0 radical (unpaired) electrons. The fourth-order valence-electron chi connectivity index (χ4n) is 4.51. The Morgan fingerprint density at radius 1 is 1.16 bits per heavy atom. The third kappa shape index (κ3) is 2.90. The van der Waals surface area contributed by atoms with Gasteiger partial charge in [0.1, 0.15) is 11.5 Å². The summed E-state index contributed by atoms with van der Waals surface area (Å²) in [4.78, 5) is 20.3. The lowest BCUT2D eigenvalue weighted by atomic mass is 10.0. The highest BCUT2D eigenvalue weighted by molar-refractivity contribution is 5.94. The number of rotatable bonds is 2. The van der Waals surface area contributed by atoms with Gasteiger partial charge < -0.3 is 14.0 Å². The van der Waals surface area contributed by atoms with E-state index >= 15 is 0 Å². The average Bonchev–Trinajstić information content (AvgIpc) is 3.09. The van der Waals surface area contributed by atoms with Gasteiger partial charge in [-0.1, -0.05) is 12.8 Å². The lowest BCUT2D eigenvalue weighted by Crippen LogP contribution is -2.36. The van der Waals surface area contributed by atoms with Crippen LogP contribution in [-0.2, 0) is 20.0 Å². The molecule has 4 heterocycles. The van der Waals surface area contributed by atoms with E-state index in [1.54, 1.807) is 0 Å². The maximum absolute atomic E-state index is 13.5. The summed E-state index contributed by atoms with van der Waals surface area (Å²) < 4.78 is 4.41. The highest BCUT2D eigenvalue weighted by Gasteiger charge is 2.32. The standard InChI is InChI=1S/C20H28N4O/c1-15-21-19(18-10-5-7-13-23(15)18)20(25)24-14-6-3-4-9-17(24)16-11-8-12-22(16)2/h8,11-12,17H,3-7,9-10,13-14H2,1-2H3/t17-/m1/s1. The molecule has 5 nitrogen and oxygen atoms in total. The molecule has 0 spiro atoms. The number of hydrogen-bond donors (Lipinski definition) is 0. The molecule has 134 valence electrons. The largest absolute Gasteiger partial charge is 0.353 e. The molecule has 4 rings (SSSR count). The van der Waals surface area contributed by atoms with E-state index < -0.39 is 0 Å². The first kappa shape index (κ1) is 16.4. The molecule has 0 N–H and O–H groups in total. The highest BCUT2D eigenvalue weighted by Crippen LogP contribution is 2.32. The van der Waals surface area contributed by atoms with E-state index in [2.05, 4.69) is 39.4 Å². The number of aromatic nitrogens is 3. The molecular weight excluding hydrogens is 312 g/mol. The van der Waals surface area contributed by atoms with Gasteiger partial charge in [0.05, 0.1) is 11.7 Å². The molecule has 0 aromatic carbocycles. The number of amides is 1. The van der Waals surface area contributed by atoms with Crippen LogP contribution < -0.4 is 0 Å². The molecule has 1 fully saturated rings. The van der Waals surface area contributed by atoms with Gasteiger partial charge >= 0.3 is 0 Å². The Balaban J connectivity index is 1.70. The molecule has 0 bridgehead atoms. The van der Waals surface area contributed by atoms with Gasteiger partial charge in [0.25, 0.3) is 5.91 Å². The summed E-state index contributed by atoms with van der Waals surface area (Å²) >= 11 is 0. The number of likely N-dealkylation sites (tertiary alicyclic amines) is 1. The summed E-state index contributed by atoms with van der Waals surface area (Å²) in [7, 11) is 2.07. The van der Waals surface area contributed by atoms with E-state index in [4.69, 9.17) is 4.98 Å². The number of imidazole rings is 1. The van der Waals surface area contributed by atoms with Crippen LogP contribution in [0, 0.1) is 6.92 Å². The smallest absolute Gasteiger partial charge is 0.274 e. The second-order valence-electron chi connectivity index (χ2n) is 7.47. The van der Waals surface area contributed by atoms with E-state index in [0.717, 1.165) is 50.3 Å². The van der Waals surface area contributed by atoms with Crippen molar-refractivity contribution in [1.82, 2.24) is 19.0 Å². The zero-order valence-electron chi connectivity index (χ0n) is 15.4. The summed E-state index contributed by atoms with van der Waals surface area (Å²) in [6.45, 7) is 3.87. The van der Waals surface area contributed by atoms with Crippen molar-refractivity contribution in [3.05, 3.63) is 41.2 Å². The Morgan fingerprint density at radius 2 is 2.00 bits per heavy atom. The zero-order chi connectivity index (χ0) is 17.4. The molecule has 2 aliphatic rings. The number of nitrogens with zero attached hydrogens (tertiary/aromatic N) is 4. The predicted molar refractivity (Wildman–Crippen MR) is 97.6 cm³/mol. The topological polar surface area (TPSA) is 43.1 Å². The van der Waals surface area contributed by atoms with Crippen LogP contribution in [0.5, 0.6) is 0 Å². The third-order valence-corrected chi connectivity index (χ3v) is 5.85. The van der Waals surface area contributed by atoms with E-state index in [-0.39, 0.29) is 11.9 Å². The normalized spacial score (nSPS) is 21.0. The van der Waals surface area contributed by atoms with Crippen molar-refractivity contribution in [3.8, 4) is 0 Å². The molecule has 25 heavy (non-hydrogen) atoms. The Bertz CT molecular complexity index is 773. The van der Waals surface area contributed by atoms with Crippen molar-refractivity contribution in [1.29, 1.82) is 0 Å². The Kier molecular flexibility index (Phi) is 4.40. The van der Waals surface area contributed by atoms with Crippen LogP contribution in [-0.4, -0.2) is 31.5 Å². The predicted octanol–water partition coefficient (Wildman–Crippen LogP) is 3.62. The number of aryl methyl sites for hydroxylation is 2. The molecule has 0 saturated carbocycles. The number of hydrogen-bond acceptors (Lipinski definition) is 2. The minimum Gasteiger partial charge on any atom is -0.353 e. The van der Waals surface area contributed by atoms with Crippen molar-refractivity contribution in [3.63, 3.8) is 0 Å². The van der Waals surface area contributed by atoms with Crippen molar-refractivity contribution in [2.24, 2.45) is 7.05 Å². The van der Waals surface area contributed by atoms with Gasteiger partial charge in [-0.3, -0.25) is 4.79 Å². The van der Waals surface area contributed by atoms with E-state index in [1.165, 1.54) is 25.0 Å². The van der Waals surface area contributed by atoms with Gasteiger partial charge in [0, 0.05) is 32.0 Å². The molecule has 1 atom stereocenters. The van der Waals surface area contributed by atoms with Gasteiger partial charge in [-0.25, -0.2) is 4.98 Å². The van der Waals surface area contributed by atoms with Gasteiger partial charge in [0.2, 0.25) is 0 Å². The molecule has 2 aromatic rings. The highest BCUT2D eigenvalue weighted by atomic mass is 16.2. The Labute approximate surface area is 149 Å². The lowest BCUT2D eigenvalue weighted by molar-refractivity contribution is 0.0667. The van der Waals surface area contributed by atoms with Crippen LogP contribution in [0.25, 0.3) is 0 Å². The van der Waals surface area contributed by atoms with Crippen LogP contribution >= 0.6 is 0 Å². The van der Waals surface area contributed by atoms with Gasteiger partial charge in [-0.15, -0.1) is 0 Å². The fourth-order valence-corrected chi connectivity index (χ4v) is 4.51. The SMILES string of the molecule is Cc1nc(C(=O)N2CCCCC[C@@H]2c2cccn2C)c2n1CCCC2. The van der Waals surface area contributed by atoms with Crippen LogP contribution in [0.2, 0.25) is 0 Å². The summed E-state index contributed by atoms with van der Waals surface area (Å²) in [6, 6.07) is 4.40. The first-order valence-corrected chi connectivity index (χ1v) is 9.65. The van der Waals surface area contributed by atoms with Gasteiger partial charge in [-0.05, 0) is 51.2 Å². The molecular formula is C20H28N4O. The molecule has 0 aliphatic carbocycles. The van der Waals surface area contributed by atoms with Crippen LogP contribution in [0.3, 0.4) is 0 Å². The molecule has 5 heteroatoms. The van der Waals surface area contributed by atoms with E-state index in [9.17, 15) is 4.79 Å². The summed E-state index contributed by atoms with van der Waals surface area (Å²) in [6.07, 6.45) is 9.90. The zero-order valence-corrected chi connectivity index (χ0v) is 15.4. The minimum absolute atomic E-state index is 0.131. The van der Waals surface area contributed by atoms with Gasteiger partial charge in [-0.2, -0.15) is 0 Å². The van der Waals surface area contributed by atoms with Crippen molar-refractivity contribution >= 4 is 5.91 Å². The maximum atomic E-state index is 13.5. The van der Waals surface area contributed by atoms with Crippen molar-refractivity contribution < 1.29 is 4.79 Å². The van der Waals surface area contributed by atoms with Crippen LogP contribution in [0.4, 0.5) is 0 Å². The number of fused-ring (bicyclic) bond motifs is 1. The third-order valence-electron chi connectivity index (χ3n) is 5.85. The fraction of sp³-hybridized carbons (Fsp3) is 0.600. The number of carbonyl (C=O) groups is 1. The summed E-state index contributed by atoms with van der Waals surface area (Å²) in [5.41, 5.74) is 3.10. The number of carbonyl (C=O) groups excluding carboxylic acids is 1. The molecule has 2 aromatic heterocycles. The summed E-state index contributed by atoms with van der Waals surface area (Å²) in [5, 5.41) is 0. The second kappa shape index (κ2) is 6.70. The second-order valence-corrected chi connectivity index (χ2v) is 7.47. The lowest BCUT2D eigenvalue weighted by Gasteiger charge is -2.30. The first-order valence-electron chi connectivity index (χ1n) is 9.65. The minimum atomic E-state index is 0.131.